The van der Waals surface area contributed by atoms with Gasteiger partial charge in [0.2, 0.25) is 5.91 Å². The molecule has 76 valence electrons. The smallest absolute Gasteiger partial charge is 0.237 e. The van der Waals surface area contributed by atoms with Crippen molar-refractivity contribution in [1.29, 1.82) is 0 Å². The van der Waals surface area contributed by atoms with Crippen LogP contribution in [0.2, 0.25) is 0 Å². The quantitative estimate of drug-likeness (QED) is 0.701. The van der Waals surface area contributed by atoms with Gasteiger partial charge in [-0.3, -0.25) is 9.69 Å². The van der Waals surface area contributed by atoms with Gasteiger partial charge >= 0.3 is 0 Å². The number of piperazine rings is 1. The van der Waals surface area contributed by atoms with Crippen molar-refractivity contribution in [3.8, 4) is 0 Å². The standard InChI is InChI=1S/C9H17FN2O/c1-3-8(10)6-12-5-4-11-9(13)7(12)2/h7-8H,3-6H2,1-2H3,(H,11,13). The maximum atomic E-state index is 13.0. The molecule has 3 nitrogen and oxygen atoms in total. The highest BCUT2D eigenvalue weighted by atomic mass is 19.1. The lowest BCUT2D eigenvalue weighted by atomic mass is 10.2. The largest absolute Gasteiger partial charge is 0.353 e. The molecular formula is C9H17FN2O. The number of hydrogen-bond acceptors (Lipinski definition) is 2. The summed E-state index contributed by atoms with van der Waals surface area (Å²) in [6, 6.07) is -0.182. The van der Waals surface area contributed by atoms with E-state index in [1.54, 1.807) is 0 Å². The lowest BCUT2D eigenvalue weighted by molar-refractivity contribution is -0.128. The number of carbonyl (C=O) groups excluding carboxylic acids is 1. The summed E-state index contributed by atoms with van der Waals surface area (Å²) in [5, 5.41) is 2.75. The van der Waals surface area contributed by atoms with E-state index in [0.29, 0.717) is 19.5 Å². The molecule has 2 unspecified atom stereocenters. The van der Waals surface area contributed by atoms with Gasteiger partial charge in [-0.05, 0) is 13.3 Å². The molecule has 1 aliphatic heterocycles. The number of amides is 1. The first-order valence-electron chi connectivity index (χ1n) is 4.81. The van der Waals surface area contributed by atoms with Gasteiger partial charge in [0.25, 0.3) is 0 Å². The Morgan fingerprint density at radius 3 is 3.08 bits per heavy atom. The number of alkyl halides is 1. The molecule has 2 atom stereocenters. The van der Waals surface area contributed by atoms with E-state index < -0.39 is 6.17 Å². The topological polar surface area (TPSA) is 32.3 Å². The summed E-state index contributed by atoms with van der Waals surface area (Å²) in [5.74, 6) is 0.00885. The molecule has 0 aliphatic carbocycles. The number of rotatable bonds is 3. The van der Waals surface area contributed by atoms with Crippen molar-refractivity contribution in [2.45, 2.75) is 32.5 Å². The zero-order valence-electron chi connectivity index (χ0n) is 8.22. The first-order valence-corrected chi connectivity index (χ1v) is 4.81. The normalized spacial score (nSPS) is 27.0. The SMILES string of the molecule is CCC(F)CN1CCNC(=O)C1C. The predicted molar refractivity (Wildman–Crippen MR) is 49.2 cm³/mol. The third-order valence-electron chi connectivity index (χ3n) is 2.50. The maximum Gasteiger partial charge on any atom is 0.237 e. The highest BCUT2D eigenvalue weighted by Gasteiger charge is 2.26. The molecule has 1 amide bonds. The molecule has 1 N–H and O–H groups in total. The second-order valence-corrected chi connectivity index (χ2v) is 3.47. The van der Waals surface area contributed by atoms with Gasteiger partial charge in [0, 0.05) is 19.6 Å². The van der Waals surface area contributed by atoms with E-state index in [1.807, 2.05) is 18.7 Å². The van der Waals surface area contributed by atoms with Crippen LogP contribution in [0.1, 0.15) is 20.3 Å². The zero-order chi connectivity index (χ0) is 9.84. The first-order chi connectivity index (χ1) is 6.15. The summed E-state index contributed by atoms with van der Waals surface area (Å²) in [4.78, 5) is 13.1. The Labute approximate surface area is 78.3 Å². The van der Waals surface area contributed by atoms with Crippen LogP contribution in [-0.2, 0) is 4.79 Å². The van der Waals surface area contributed by atoms with Crippen LogP contribution in [0.3, 0.4) is 0 Å². The fraction of sp³-hybridized carbons (Fsp3) is 0.889. The van der Waals surface area contributed by atoms with Gasteiger partial charge in [-0.1, -0.05) is 6.92 Å². The van der Waals surface area contributed by atoms with Crippen molar-refractivity contribution in [3.05, 3.63) is 0 Å². The number of carbonyl (C=O) groups is 1. The van der Waals surface area contributed by atoms with E-state index in [9.17, 15) is 9.18 Å². The molecule has 1 rings (SSSR count). The van der Waals surface area contributed by atoms with Crippen LogP contribution in [0.15, 0.2) is 0 Å². The van der Waals surface area contributed by atoms with Crippen molar-refractivity contribution in [2.75, 3.05) is 19.6 Å². The Morgan fingerprint density at radius 2 is 2.46 bits per heavy atom. The molecule has 1 saturated heterocycles. The molecule has 0 saturated carbocycles. The molecule has 1 fully saturated rings. The lowest BCUT2D eigenvalue weighted by Gasteiger charge is -2.33. The average Bonchev–Trinajstić information content (AvgIpc) is 2.13. The summed E-state index contributed by atoms with van der Waals surface area (Å²) in [7, 11) is 0. The minimum Gasteiger partial charge on any atom is -0.353 e. The Bertz CT molecular complexity index is 186. The monoisotopic (exact) mass is 188 g/mol. The predicted octanol–water partition coefficient (Wildman–Crippen LogP) is 0.555. The van der Waals surface area contributed by atoms with E-state index in [2.05, 4.69) is 5.32 Å². The van der Waals surface area contributed by atoms with Crippen LogP contribution >= 0.6 is 0 Å². The number of nitrogens with zero attached hydrogens (tertiary/aromatic N) is 1. The average molecular weight is 188 g/mol. The molecule has 1 heterocycles. The van der Waals surface area contributed by atoms with E-state index in [-0.39, 0.29) is 11.9 Å². The third kappa shape index (κ3) is 2.66. The number of halogens is 1. The maximum absolute atomic E-state index is 13.0. The van der Waals surface area contributed by atoms with Crippen LogP contribution in [0.4, 0.5) is 4.39 Å². The summed E-state index contributed by atoms with van der Waals surface area (Å²) in [6.07, 6.45) is -0.293. The van der Waals surface area contributed by atoms with Gasteiger partial charge in [0.15, 0.2) is 0 Å². The molecule has 0 aromatic heterocycles. The molecule has 0 spiro atoms. The van der Waals surface area contributed by atoms with Crippen molar-refractivity contribution in [1.82, 2.24) is 10.2 Å². The van der Waals surface area contributed by atoms with Crippen molar-refractivity contribution < 1.29 is 9.18 Å². The minimum atomic E-state index is -0.812. The van der Waals surface area contributed by atoms with E-state index in [1.165, 1.54) is 0 Å². The number of hydrogen-bond donors (Lipinski definition) is 1. The first kappa shape index (κ1) is 10.4. The van der Waals surface area contributed by atoms with Crippen LogP contribution in [0, 0.1) is 0 Å². The van der Waals surface area contributed by atoms with E-state index >= 15 is 0 Å². The Balaban J connectivity index is 2.43. The van der Waals surface area contributed by atoms with Gasteiger partial charge in [-0.25, -0.2) is 4.39 Å². The van der Waals surface area contributed by atoms with Gasteiger partial charge in [-0.15, -0.1) is 0 Å². The summed E-state index contributed by atoms with van der Waals surface area (Å²) < 4.78 is 13.0. The van der Waals surface area contributed by atoms with Crippen molar-refractivity contribution in [2.24, 2.45) is 0 Å². The third-order valence-corrected chi connectivity index (χ3v) is 2.50. The Morgan fingerprint density at radius 1 is 1.77 bits per heavy atom. The van der Waals surface area contributed by atoms with E-state index in [0.717, 1.165) is 6.54 Å². The Kier molecular flexibility index (Phi) is 3.66. The van der Waals surface area contributed by atoms with Gasteiger partial charge in [0.1, 0.15) is 6.17 Å². The van der Waals surface area contributed by atoms with Gasteiger partial charge in [-0.2, -0.15) is 0 Å². The van der Waals surface area contributed by atoms with Crippen LogP contribution < -0.4 is 5.32 Å². The van der Waals surface area contributed by atoms with Gasteiger partial charge in [0.05, 0.1) is 6.04 Å². The second kappa shape index (κ2) is 4.56. The molecular weight excluding hydrogens is 171 g/mol. The highest BCUT2D eigenvalue weighted by Crippen LogP contribution is 2.07. The summed E-state index contributed by atoms with van der Waals surface area (Å²) in [5.41, 5.74) is 0. The Hall–Kier alpha value is -0.640. The minimum absolute atomic E-state index is 0.00885. The molecule has 13 heavy (non-hydrogen) atoms. The fourth-order valence-corrected chi connectivity index (χ4v) is 1.46. The summed E-state index contributed by atoms with van der Waals surface area (Å²) in [6.45, 7) is 5.41. The zero-order valence-corrected chi connectivity index (χ0v) is 8.22. The van der Waals surface area contributed by atoms with Crippen molar-refractivity contribution in [3.63, 3.8) is 0 Å². The molecule has 0 aromatic carbocycles. The second-order valence-electron chi connectivity index (χ2n) is 3.47. The van der Waals surface area contributed by atoms with Crippen molar-refractivity contribution >= 4 is 5.91 Å². The van der Waals surface area contributed by atoms with Gasteiger partial charge < -0.3 is 5.32 Å². The molecule has 0 bridgehead atoms. The molecule has 4 heteroatoms. The summed E-state index contributed by atoms with van der Waals surface area (Å²) >= 11 is 0. The van der Waals surface area contributed by atoms with Crippen LogP contribution in [-0.4, -0.2) is 42.7 Å². The highest BCUT2D eigenvalue weighted by molar-refractivity contribution is 5.81. The van der Waals surface area contributed by atoms with Crippen LogP contribution in [0.25, 0.3) is 0 Å². The number of nitrogens with one attached hydrogen (secondary N) is 1. The fourth-order valence-electron chi connectivity index (χ4n) is 1.46. The van der Waals surface area contributed by atoms with E-state index in [4.69, 9.17) is 0 Å². The molecule has 0 radical (unpaired) electrons. The lowest BCUT2D eigenvalue weighted by Crippen LogP contribution is -2.55. The molecule has 0 aromatic rings. The molecule has 1 aliphatic rings. The van der Waals surface area contributed by atoms with Crippen LogP contribution in [0.5, 0.6) is 0 Å².